The summed E-state index contributed by atoms with van der Waals surface area (Å²) in [4.78, 5) is 0. The quantitative estimate of drug-likeness (QED) is 0.135. The lowest BCUT2D eigenvalue weighted by Crippen LogP contribution is -2.84. The zero-order chi connectivity index (χ0) is 8.78. The monoisotopic (exact) mass is 226 g/mol. The molecule has 0 aromatic carbocycles. The molecule has 9 heteroatoms. The number of rotatable bonds is 0. The number of hydrazine groups is 1. The van der Waals surface area contributed by atoms with E-state index in [-0.39, 0.29) is 5.96 Å². The van der Waals surface area contributed by atoms with Crippen molar-refractivity contribution in [3.8, 4) is 0 Å². The largest absolute Gasteiger partial charge is 0.360 e. The van der Waals surface area contributed by atoms with E-state index in [1.54, 1.807) is 0 Å². The number of nitrogens with one attached hydrogen (secondary N) is 1. The van der Waals surface area contributed by atoms with Crippen LogP contribution in [-0.2, 0) is 0 Å². The fourth-order valence-corrected chi connectivity index (χ4v) is 0. The molecule has 10 heavy (non-hydrogen) atoms. The molecular formula is CH7BCl4N4. The molecule has 0 aliphatic carbocycles. The molecule has 0 saturated heterocycles. The molecule has 0 radical (unpaired) electrons. The van der Waals surface area contributed by atoms with E-state index in [4.69, 9.17) is 57.3 Å². The lowest BCUT2D eigenvalue weighted by atomic mass is 10.7. The Morgan fingerprint density at radius 1 is 1.10 bits per heavy atom. The Morgan fingerprint density at radius 2 is 1.20 bits per heavy atom. The zero-order valence-electron chi connectivity index (χ0n) is 4.82. The first-order valence-corrected chi connectivity index (χ1v) is 3.73. The number of hydrazone groups is 1. The van der Waals surface area contributed by atoms with E-state index in [0.717, 1.165) is 0 Å². The van der Waals surface area contributed by atoms with Crippen molar-refractivity contribution in [2.45, 2.75) is 0 Å². The van der Waals surface area contributed by atoms with E-state index in [2.05, 4.69) is 5.84 Å². The third-order valence-corrected chi connectivity index (χ3v) is 0.167. The molecule has 7 N–H and O–H groups in total. The molecule has 62 valence electrons. The fourth-order valence-electron chi connectivity index (χ4n) is 0. The molecule has 0 saturated carbocycles. The van der Waals surface area contributed by atoms with Crippen LogP contribution in [0.1, 0.15) is 0 Å². The molecule has 0 heterocycles. The van der Waals surface area contributed by atoms with Crippen LogP contribution in [0.25, 0.3) is 0 Å². The van der Waals surface area contributed by atoms with E-state index in [9.17, 15) is 0 Å². The van der Waals surface area contributed by atoms with E-state index in [1.807, 2.05) is 5.10 Å². The van der Waals surface area contributed by atoms with Crippen LogP contribution in [0.3, 0.4) is 0 Å². The summed E-state index contributed by atoms with van der Waals surface area (Å²) >= 11 is 19.6. The van der Waals surface area contributed by atoms with Gasteiger partial charge >= 0.3 is 9.77 Å². The Balaban J connectivity index is 0. The van der Waals surface area contributed by atoms with Crippen molar-refractivity contribution in [2.24, 2.45) is 17.3 Å². The maximum atomic E-state index is 4.89. The minimum absolute atomic E-state index is 0.0324. The predicted molar refractivity (Wildman–Crippen MR) is 47.7 cm³/mol. The highest BCUT2D eigenvalue weighted by molar-refractivity contribution is 7.81. The highest BCUT2D eigenvalue weighted by atomic mass is 35.6. The normalized spacial score (nSPS) is 9.20. The summed E-state index contributed by atoms with van der Waals surface area (Å²) in [6, 6.07) is 0. The fraction of sp³-hybridized carbons (Fsp3) is 0. The standard InChI is InChI=1S/CH6N4.BCl4/c2-1(3)5-4;2-1(3,4)5/h4H2,(H4,2,3,5);/q;-1/p+1. The van der Waals surface area contributed by atoms with Crippen molar-refractivity contribution in [3.63, 3.8) is 0 Å². The molecule has 0 aromatic heterocycles. The second-order valence-electron chi connectivity index (χ2n) is 1.09. The predicted octanol–water partition coefficient (Wildman–Crippen LogP) is -1.41. The van der Waals surface area contributed by atoms with E-state index >= 15 is 0 Å². The summed E-state index contributed by atoms with van der Waals surface area (Å²) in [6.07, 6.45) is 0. The first kappa shape index (κ1) is 12.9. The molecule has 0 rings (SSSR count). The summed E-state index contributed by atoms with van der Waals surface area (Å²) in [5.74, 6) is 4.67. The van der Waals surface area contributed by atoms with Crippen molar-refractivity contribution in [1.29, 1.82) is 0 Å². The van der Waals surface area contributed by atoms with Gasteiger partial charge in [-0.05, 0) is 0 Å². The number of hydrogen-bond donors (Lipinski definition) is 4. The van der Waals surface area contributed by atoms with Gasteiger partial charge in [0.1, 0.15) is 0 Å². The molecule has 0 aliphatic heterocycles. The minimum Gasteiger partial charge on any atom is -0.332 e. The number of hydrogen-bond acceptors (Lipinski definition) is 1. The van der Waals surface area contributed by atoms with Gasteiger partial charge in [-0.3, -0.25) is 17.3 Å². The van der Waals surface area contributed by atoms with Crippen LogP contribution < -0.4 is 22.4 Å². The lowest BCUT2D eigenvalue weighted by molar-refractivity contribution is -0.471. The van der Waals surface area contributed by atoms with Crippen molar-refractivity contribution in [1.82, 2.24) is 0 Å². The topological polar surface area (TPSA) is 92.0 Å². The number of guanidine groups is 1. The summed E-state index contributed by atoms with van der Waals surface area (Å²) in [5.41, 5.74) is 9.50. The van der Waals surface area contributed by atoms with Gasteiger partial charge in [-0.15, -0.1) is 0 Å². The Bertz CT molecular complexity index is 98.3. The lowest BCUT2D eigenvalue weighted by Gasteiger charge is -2.03. The van der Waals surface area contributed by atoms with Gasteiger partial charge in [-0.1, -0.05) is 0 Å². The average Bonchev–Trinajstić information content (AvgIpc) is 1.61. The van der Waals surface area contributed by atoms with Gasteiger partial charge in [0.05, 0.1) is 0 Å². The first-order valence-electron chi connectivity index (χ1n) is 1.99. The highest BCUT2D eigenvalue weighted by Crippen LogP contribution is 2.23. The van der Waals surface area contributed by atoms with Gasteiger partial charge < -0.3 is 45.8 Å². The van der Waals surface area contributed by atoms with Gasteiger partial charge in [0.15, 0.2) is 0 Å². The maximum absolute atomic E-state index is 4.89. The second kappa shape index (κ2) is 6.03. The van der Waals surface area contributed by atoms with Crippen LogP contribution in [0, 0.1) is 0 Å². The van der Waals surface area contributed by atoms with E-state index in [1.165, 1.54) is 0 Å². The zero-order valence-corrected chi connectivity index (χ0v) is 7.84. The van der Waals surface area contributed by atoms with Gasteiger partial charge in [-0.2, -0.15) is 5.10 Å². The van der Waals surface area contributed by atoms with Crippen LogP contribution in [0.4, 0.5) is 0 Å². The maximum Gasteiger partial charge on any atom is 0.360 e. The molecule has 0 fully saturated rings. The summed E-state index contributed by atoms with van der Waals surface area (Å²) in [5, 5.41) is 2.00. The third-order valence-electron chi connectivity index (χ3n) is 0.167. The molecule has 0 spiro atoms. The second-order valence-corrected chi connectivity index (χ2v) is 5.05. The minimum atomic E-state index is -2.11. The molecule has 0 bridgehead atoms. The Kier molecular flexibility index (Phi) is 7.80. The van der Waals surface area contributed by atoms with E-state index < -0.39 is 3.81 Å². The third kappa shape index (κ3) is 83.8. The molecule has 0 unspecified atom stereocenters. The molecule has 0 aromatic rings. The van der Waals surface area contributed by atoms with Crippen molar-refractivity contribution in [3.05, 3.63) is 0 Å². The van der Waals surface area contributed by atoms with Crippen LogP contribution in [-0.4, -0.2) is 9.77 Å². The summed E-state index contributed by atoms with van der Waals surface area (Å²) in [6.45, 7) is 0. The van der Waals surface area contributed by atoms with Crippen molar-refractivity contribution >= 4 is 55.6 Å². The van der Waals surface area contributed by atoms with Crippen LogP contribution >= 0.6 is 45.8 Å². The molecule has 0 amide bonds. The number of nitrogens with two attached hydrogens (primary N) is 3. The van der Waals surface area contributed by atoms with Crippen LogP contribution in [0.15, 0.2) is 0 Å². The highest BCUT2D eigenvalue weighted by Gasteiger charge is 2.03. The van der Waals surface area contributed by atoms with Gasteiger partial charge in [0.25, 0.3) is 0 Å². The SMILES string of the molecule is Cl[B-](Cl)(Cl)Cl.N[NH+]=C(N)N. The molecule has 0 atom stereocenters. The van der Waals surface area contributed by atoms with Gasteiger partial charge in [0, 0.05) is 0 Å². The molecule has 4 nitrogen and oxygen atoms in total. The number of halogens is 4. The Hall–Kier alpha value is 0.295. The first-order chi connectivity index (χ1) is 4.27. The van der Waals surface area contributed by atoms with Gasteiger partial charge in [-0.25, -0.2) is 0 Å². The van der Waals surface area contributed by atoms with Crippen LogP contribution in [0.5, 0.6) is 0 Å². The Labute approximate surface area is 78.2 Å². The summed E-state index contributed by atoms with van der Waals surface area (Å²) < 4.78 is -2.11. The van der Waals surface area contributed by atoms with Crippen LogP contribution in [0.2, 0.25) is 0 Å². The van der Waals surface area contributed by atoms with Gasteiger partial charge in [0.2, 0.25) is 0 Å². The average molecular weight is 228 g/mol. The Morgan fingerprint density at radius 3 is 1.20 bits per heavy atom. The smallest absolute Gasteiger partial charge is 0.332 e. The van der Waals surface area contributed by atoms with Crippen molar-refractivity contribution < 1.29 is 5.10 Å². The van der Waals surface area contributed by atoms with E-state index in [0.29, 0.717) is 0 Å². The molecular weight excluding hydrogens is 221 g/mol. The summed E-state index contributed by atoms with van der Waals surface area (Å²) in [7, 11) is 0. The molecule has 0 aliphatic rings. The van der Waals surface area contributed by atoms with Crippen molar-refractivity contribution in [2.75, 3.05) is 0 Å².